The summed E-state index contributed by atoms with van der Waals surface area (Å²) in [5, 5.41) is 3.80. The Labute approximate surface area is 177 Å². The maximum atomic E-state index is 12.5. The second kappa shape index (κ2) is 9.71. The van der Waals surface area contributed by atoms with Gasteiger partial charge in [-0.25, -0.2) is 4.98 Å². The van der Waals surface area contributed by atoms with E-state index in [1.54, 1.807) is 6.07 Å². The fourth-order valence-corrected chi connectivity index (χ4v) is 4.87. The molecular weight excluding hydrogens is 380 g/mol. The number of nitrogens with zero attached hydrogens (tertiary/aromatic N) is 2. The van der Waals surface area contributed by atoms with E-state index < -0.39 is 0 Å². The zero-order valence-corrected chi connectivity index (χ0v) is 17.6. The second-order valence-electron chi connectivity index (χ2n) is 8.54. The average Bonchev–Trinajstić information content (AvgIpc) is 2.79. The van der Waals surface area contributed by atoms with Gasteiger partial charge in [0.15, 0.2) is 0 Å². The Morgan fingerprint density at radius 2 is 1.93 bits per heavy atom. The molecule has 0 bridgehead atoms. The third kappa shape index (κ3) is 4.90. The van der Waals surface area contributed by atoms with Gasteiger partial charge in [0.2, 0.25) is 5.91 Å². The molecule has 7 heteroatoms. The van der Waals surface area contributed by atoms with Gasteiger partial charge in [-0.15, -0.1) is 0 Å². The highest BCUT2D eigenvalue weighted by Crippen LogP contribution is 2.33. The van der Waals surface area contributed by atoms with Crippen molar-refractivity contribution in [3.63, 3.8) is 0 Å². The van der Waals surface area contributed by atoms with Crippen LogP contribution >= 0.6 is 0 Å². The number of amides is 1. The van der Waals surface area contributed by atoms with Crippen LogP contribution in [0.2, 0.25) is 0 Å². The monoisotopic (exact) mass is 412 g/mol. The Hall–Kier alpha value is -2.25. The number of morpholine rings is 1. The van der Waals surface area contributed by atoms with Crippen molar-refractivity contribution in [3.8, 4) is 0 Å². The van der Waals surface area contributed by atoms with E-state index in [-0.39, 0.29) is 17.0 Å². The third-order valence-corrected chi connectivity index (χ3v) is 6.56. The van der Waals surface area contributed by atoms with Crippen molar-refractivity contribution in [1.82, 2.24) is 20.2 Å². The first kappa shape index (κ1) is 21.0. The number of ether oxygens (including phenoxy) is 1. The number of H-pyrrole nitrogens is 1. The summed E-state index contributed by atoms with van der Waals surface area (Å²) in [7, 11) is 0. The van der Waals surface area contributed by atoms with Gasteiger partial charge in [-0.2, -0.15) is 0 Å². The van der Waals surface area contributed by atoms with Crippen LogP contribution in [-0.2, 0) is 16.0 Å². The number of aromatic amines is 1. The lowest BCUT2D eigenvalue weighted by Crippen LogP contribution is -2.59. The van der Waals surface area contributed by atoms with Gasteiger partial charge >= 0.3 is 0 Å². The zero-order chi connectivity index (χ0) is 20.8. The highest BCUT2D eigenvalue weighted by atomic mass is 16.5. The molecule has 0 unspecified atom stereocenters. The van der Waals surface area contributed by atoms with Crippen molar-refractivity contribution in [1.29, 1.82) is 0 Å². The molecule has 162 valence electrons. The molecule has 1 aliphatic carbocycles. The van der Waals surface area contributed by atoms with Gasteiger partial charge in [-0.3, -0.25) is 14.5 Å². The first-order chi connectivity index (χ1) is 14.7. The van der Waals surface area contributed by atoms with Crippen LogP contribution in [0, 0.1) is 0 Å². The molecule has 1 saturated carbocycles. The van der Waals surface area contributed by atoms with Crippen LogP contribution in [0.1, 0.15) is 50.8 Å². The van der Waals surface area contributed by atoms with Crippen molar-refractivity contribution >= 4 is 16.8 Å². The van der Waals surface area contributed by atoms with Crippen LogP contribution in [0.4, 0.5) is 0 Å². The van der Waals surface area contributed by atoms with Gasteiger partial charge in [0.1, 0.15) is 5.82 Å². The predicted octanol–water partition coefficient (Wildman–Crippen LogP) is 2.40. The molecule has 1 aliphatic heterocycles. The Bertz CT molecular complexity index is 914. The van der Waals surface area contributed by atoms with E-state index in [2.05, 4.69) is 20.2 Å². The van der Waals surface area contributed by atoms with Gasteiger partial charge in [0, 0.05) is 38.0 Å². The van der Waals surface area contributed by atoms with E-state index in [0.717, 1.165) is 45.7 Å². The fraction of sp³-hybridized carbons (Fsp3) is 0.609. The quantitative estimate of drug-likeness (QED) is 0.729. The van der Waals surface area contributed by atoms with Crippen molar-refractivity contribution in [2.24, 2.45) is 0 Å². The van der Waals surface area contributed by atoms with Crippen molar-refractivity contribution in [2.75, 3.05) is 32.8 Å². The first-order valence-corrected chi connectivity index (χ1v) is 11.2. The summed E-state index contributed by atoms with van der Waals surface area (Å²) in [5.74, 6) is 0.722. The normalized spacial score (nSPS) is 19.6. The number of para-hydroxylation sites is 1. The van der Waals surface area contributed by atoms with Crippen molar-refractivity contribution in [2.45, 2.75) is 56.9 Å². The van der Waals surface area contributed by atoms with E-state index in [9.17, 15) is 9.59 Å². The lowest BCUT2D eigenvalue weighted by molar-refractivity contribution is -0.122. The SMILES string of the molecule is O=C(CCCc1nc2ccccc2c(=O)[nH]1)NCC1(N2CCOCC2)CCCCC1. The maximum Gasteiger partial charge on any atom is 0.258 e. The first-order valence-electron chi connectivity index (χ1n) is 11.2. The number of rotatable bonds is 7. The summed E-state index contributed by atoms with van der Waals surface area (Å²) in [6.45, 7) is 4.20. The Morgan fingerprint density at radius 1 is 1.17 bits per heavy atom. The van der Waals surface area contributed by atoms with Gasteiger partial charge in [0.05, 0.1) is 24.1 Å². The topological polar surface area (TPSA) is 87.3 Å². The molecule has 1 saturated heterocycles. The van der Waals surface area contributed by atoms with Gasteiger partial charge in [-0.1, -0.05) is 31.4 Å². The highest BCUT2D eigenvalue weighted by Gasteiger charge is 2.38. The number of fused-ring (bicyclic) bond motifs is 1. The molecule has 1 aromatic carbocycles. The molecule has 2 aromatic rings. The molecule has 0 spiro atoms. The van der Waals surface area contributed by atoms with E-state index >= 15 is 0 Å². The molecule has 7 nitrogen and oxygen atoms in total. The van der Waals surface area contributed by atoms with E-state index in [1.165, 1.54) is 19.3 Å². The number of benzene rings is 1. The van der Waals surface area contributed by atoms with E-state index in [4.69, 9.17) is 4.74 Å². The van der Waals surface area contributed by atoms with Crippen molar-refractivity contribution < 1.29 is 9.53 Å². The molecule has 2 aliphatic rings. The standard InChI is InChI=1S/C23H32N4O3/c28-21(10-6-9-20-25-19-8-3-2-7-18(19)22(29)26-20)24-17-23(11-4-1-5-12-23)27-13-15-30-16-14-27/h2-3,7-8H,1,4-6,9-17H2,(H,24,28)(H,25,26,29). The summed E-state index contributed by atoms with van der Waals surface area (Å²) >= 11 is 0. The molecule has 2 N–H and O–H groups in total. The minimum Gasteiger partial charge on any atom is -0.379 e. The number of carbonyl (C=O) groups is 1. The number of nitrogens with one attached hydrogen (secondary N) is 2. The van der Waals surface area contributed by atoms with Crippen LogP contribution in [-0.4, -0.2) is 59.2 Å². The van der Waals surface area contributed by atoms with Crippen LogP contribution in [0.15, 0.2) is 29.1 Å². The Kier molecular flexibility index (Phi) is 6.79. The Balaban J connectivity index is 1.29. The summed E-state index contributed by atoms with van der Waals surface area (Å²) in [6, 6.07) is 7.32. The zero-order valence-electron chi connectivity index (χ0n) is 17.6. The van der Waals surface area contributed by atoms with E-state index in [0.29, 0.717) is 36.0 Å². The Morgan fingerprint density at radius 3 is 2.73 bits per heavy atom. The molecule has 0 atom stereocenters. The molecular formula is C23H32N4O3. The number of aromatic nitrogens is 2. The summed E-state index contributed by atoms with van der Waals surface area (Å²) in [4.78, 5) is 34.6. The number of aryl methyl sites for hydroxylation is 1. The minimum absolute atomic E-state index is 0.0799. The summed E-state index contributed by atoms with van der Waals surface area (Å²) < 4.78 is 5.53. The van der Waals surface area contributed by atoms with Gasteiger partial charge in [0.25, 0.3) is 5.56 Å². The fourth-order valence-electron chi connectivity index (χ4n) is 4.87. The third-order valence-electron chi connectivity index (χ3n) is 6.56. The number of hydrogen-bond acceptors (Lipinski definition) is 5. The molecule has 2 fully saturated rings. The average molecular weight is 413 g/mol. The van der Waals surface area contributed by atoms with Crippen LogP contribution < -0.4 is 10.9 Å². The van der Waals surface area contributed by atoms with Crippen LogP contribution in [0.3, 0.4) is 0 Å². The smallest absolute Gasteiger partial charge is 0.258 e. The predicted molar refractivity (Wildman–Crippen MR) is 117 cm³/mol. The molecule has 0 radical (unpaired) electrons. The van der Waals surface area contributed by atoms with Crippen molar-refractivity contribution in [3.05, 3.63) is 40.4 Å². The molecule has 2 heterocycles. The largest absolute Gasteiger partial charge is 0.379 e. The summed E-state index contributed by atoms with van der Waals surface area (Å²) in [6.07, 6.45) is 7.74. The van der Waals surface area contributed by atoms with Crippen LogP contribution in [0.5, 0.6) is 0 Å². The minimum atomic E-state index is -0.121. The molecule has 4 rings (SSSR count). The molecule has 30 heavy (non-hydrogen) atoms. The van der Waals surface area contributed by atoms with Crippen LogP contribution in [0.25, 0.3) is 10.9 Å². The van der Waals surface area contributed by atoms with Gasteiger partial charge < -0.3 is 15.0 Å². The lowest BCUT2D eigenvalue weighted by Gasteiger charge is -2.48. The number of hydrogen-bond donors (Lipinski definition) is 2. The highest BCUT2D eigenvalue weighted by molar-refractivity contribution is 5.77. The summed E-state index contributed by atoms with van der Waals surface area (Å²) in [5.41, 5.74) is 0.665. The molecule has 1 amide bonds. The van der Waals surface area contributed by atoms with Gasteiger partial charge in [-0.05, 0) is 31.4 Å². The lowest BCUT2D eigenvalue weighted by atomic mass is 9.79. The maximum absolute atomic E-state index is 12.5. The second-order valence-corrected chi connectivity index (χ2v) is 8.54. The molecule has 1 aromatic heterocycles. The number of carbonyl (C=O) groups excluding carboxylic acids is 1. The van der Waals surface area contributed by atoms with E-state index in [1.807, 2.05) is 18.2 Å².